The molecule has 0 aliphatic carbocycles. The van der Waals surface area contributed by atoms with Crippen LogP contribution in [0.15, 0.2) is 0 Å². The molecular formula is C12H25NO3. The lowest BCUT2D eigenvalue weighted by atomic mass is 10.1. The van der Waals surface area contributed by atoms with Gasteiger partial charge in [-0.15, -0.1) is 0 Å². The Balaban J connectivity index is 4.00. The van der Waals surface area contributed by atoms with Gasteiger partial charge in [-0.2, -0.15) is 0 Å². The number of nitrogens with zero attached hydrogens (tertiary/aromatic N) is 1. The number of esters is 1. The minimum Gasteiger partial charge on any atom is -0.466 e. The van der Waals surface area contributed by atoms with Crippen molar-refractivity contribution in [1.29, 1.82) is 0 Å². The smallest absolute Gasteiger partial charge is 0.308 e. The van der Waals surface area contributed by atoms with Gasteiger partial charge in [0.25, 0.3) is 0 Å². The van der Waals surface area contributed by atoms with Crippen LogP contribution in [-0.2, 0) is 9.53 Å². The van der Waals surface area contributed by atoms with Gasteiger partial charge >= 0.3 is 5.97 Å². The molecule has 0 aromatic carbocycles. The summed E-state index contributed by atoms with van der Waals surface area (Å²) >= 11 is 0. The van der Waals surface area contributed by atoms with E-state index in [0.29, 0.717) is 19.2 Å². The molecule has 0 fully saturated rings. The van der Waals surface area contributed by atoms with E-state index in [4.69, 9.17) is 4.74 Å². The highest BCUT2D eigenvalue weighted by molar-refractivity contribution is 5.69. The first-order valence-corrected chi connectivity index (χ1v) is 6.12. The Bertz CT molecular complexity index is 197. The minimum atomic E-state index is -0.631. The van der Waals surface area contributed by atoms with E-state index in [1.54, 1.807) is 6.92 Å². The molecule has 0 aromatic heterocycles. The van der Waals surface area contributed by atoms with E-state index in [0.717, 1.165) is 13.0 Å². The first kappa shape index (κ1) is 15.4. The van der Waals surface area contributed by atoms with Gasteiger partial charge < -0.3 is 9.84 Å². The third-order valence-electron chi connectivity index (χ3n) is 2.77. The van der Waals surface area contributed by atoms with Crippen LogP contribution in [0.4, 0.5) is 0 Å². The van der Waals surface area contributed by atoms with Crippen molar-refractivity contribution in [3.8, 4) is 0 Å². The van der Waals surface area contributed by atoms with Crippen LogP contribution >= 0.6 is 0 Å². The molecule has 0 radical (unpaired) electrons. The summed E-state index contributed by atoms with van der Waals surface area (Å²) in [5, 5.41) is 9.75. The fourth-order valence-corrected chi connectivity index (χ4v) is 1.63. The second kappa shape index (κ2) is 8.53. The third kappa shape index (κ3) is 6.08. The highest BCUT2D eigenvalue weighted by Gasteiger charge is 2.17. The zero-order valence-electron chi connectivity index (χ0n) is 10.9. The normalized spacial score (nSPS) is 14.9. The maximum absolute atomic E-state index is 11.2. The lowest BCUT2D eigenvalue weighted by Crippen LogP contribution is -2.39. The zero-order valence-corrected chi connectivity index (χ0v) is 10.9. The van der Waals surface area contributed by atoms with Gasteiger partial charge in [0, 0.05) is 12.6 Å². The lowest BCUT2D eigenvalue weighted by molar-refractivity contribution is -0.145. The number of rotatable bonds is 8. The summed E-state index contributed by atoms with van der Waals surface area (Å²) in [5.41, 5.74) is 0. The number of hydrogen-bond acceptors (Lipinski definition) is 4. The highest BCUT2D eigenvalue weighted by atomic mass is 16.5. The molecule has 96 valence electrons. The Morgan fingerprint density at radius 1 is 1.38 bits per heavy atom. The van der Waals surface area contributed by atoms with Gasteiger partial charge in [0.15, 0.2) is 0 Å². The minimum absolute atomic E-state index is 0.0841. The number of likely N-dealkylation sites (N-methyl/N-ethyl adjacent to an activating group) is 1. The summed E-state index contributed by atoms with van der Waals surface area (Å²) in [4.78, 5) is 13.3. The lowest BCUT2D eigenvalue weighted by Gasteiger charge is -2.28. The second-order valence-electron chi connectivity index (χ2n) is 4.01. The zero-order chi connectivity index (χ0) is 12.6. The van der Waals surface area contributed by atoms with Crippen molar-refractivity contribution in [2.45, 2.75) is 52.7 Å². The largest absolute Gasteiger partial charge is 0.466 e. The van der Waals surface area contributed by atoms with E-state index in [-0.39, 0.29) is 12.4 Å². The number of carbonyl (C=O) groups is 1. The summed E-state index contributed by atoms with van der Waals surface area (Å²) < 4.78 is 4.80. The van der Waals surface area contributed by atoms with Crippen LogP contribution in [0.5, 0.6) is 0 Å². The van der Waals surface area contributed by atoms with Crippen molar-refractivity contribution in [3.63, 3.8) is 0 Å². The summed E-state index contributed by atoms with van der Waals surface area (Å²) in [6.07, 6.45) is 0.494. The van der Waals surface area contributed by atoms with Crippen molar-refractivity contribution >= 4 is 5.97 Å². The molecule has 1 N–H and O–H groups in total. The van der Waals surface area contributed by atoms with E-state index in [1.165, 1.54) is 0 Å². The fourth-order valence-electron chi connectivity index (χ4n) is 1.63. The Morgan fingerprint density at radius 3 is 2.44 bits per heavy atom. The van der Waals surface area contributed by atoms with Gasteiger partial charge in [0.2, 0.25) is 0 Å². The fraction of sp³-hybridized carbons (Fsp3) is 0.917. The molecule has 0 aliphatic heterocycles. The number of ether oxygens (including phenoxy) is 1. The molecule has 16 heavy (non-hydrogen) atoms. The van der Waals surface area contributed by atoms with E-state index in [9.17, 15) is 9.90 Å². The van der Waals surface area contributed by atoms with Crippen LogP contribution in [0.2, 0.25) is 0 Å². The van der Waals surface area contributed by atoms with Crippen LogP contribution < -0.4 is 0 Å². The topological polar surface area (TPSA) is 49.8 Å². The molecule has 0 heterocycles. The predicted molar refractivity (Wildman–Crippen MR) is 64.3 cm³/mol. The summed E-state index contributed by atoms with van der Waals surface area (Å²) in [6.45, 7) is 9.85. The molecule has 2 atom stereocenters. The molecule has 4 nitrogen and oxygen atoms in total. The van der Waals surface area contributed by atoms with E-state index in [2.05, 4.69) is 25.7 Å². The van der Waals surface area contributed by atoms with Gasteiger partial charge in [0.05, 0.1) is 19.1 Å². The molecule has 0 amide bonds. The molecular weight excluding hydrogens is 206 g/mol. The van der Waals surface area contributed by atoms with E-state index < -0.39 is 6.10 Å². The maximum Gasteiger partial charge on any atom is 0.308 e. The average molecular weight is 231 g/mol. The molecule has 0 saturated carbocycles. The summed E-state index contributed by atoms with van der Waals surface area (Å²) in [5.74, 6) is -0.324. The van der Waals surface area contributed by atoms with Gasteiger partial charge in [-0.3, -0.25) is 9.69 Å². The van der Waals surface area contributed by atoms with Crippen LogP contribution in [-0.4, -0.2) is 47.8 Å². The average Bonchev–Trinajstić information content (AvgIpc) is 2.25. The maximum atomic E-state index is 11.2. The van der Waals surface area contributed by atoms with Gasteiger partial charge in [0.1, 0.15) is 0 Å². The Kier molecular flexibility index (Phi) is 8.21. The number of aliphatic hydroxyl groups is 1. The number of aliphatic hydroxyl groups excluding tert-OH is 1. The van der Waals surface area contributed by atoms with Crippen LogP contribution in [0.1, 0.15) is 40.5 Å². The first-order chi connectivity index (χ1) is 7.54. The van der Waals surface area contributed by atoms with E-state index in [1.807, 2.05) is 0 Å². The predicted octanol–water partition coefficient (Wildman–Crippen LogP) is 1.42. The molecule has 0 rings (SSSR count). The first-order valence-electron chi connectivity index (χ1n) is 6.12. The van der Waals surface area contributed by atoms with Gasteiger partial charge in [-0.05, 0) is 26.8 Å². The molecule has 0 spiro atoms. The SMILES string of the molecule is CCOC(=O)CC(O)CN(CC)C(C)CC. The Morgan fingerprint density at radius 2 is 2.00 bits per heavy atom. The molecule has 0 aliphatic rings. The van der Waals surface area contributed by atoms with Gasteiger partial charge in [-0.25, -0.2) is 0 Å². The van der Waals surface area contributed by atoms with Crippen LogP contribution in [0.3, 0.4) is 0 Å². The second-order valence-corrected chi connectivity index (χ2v) is 4.01. The quantitative estimate of drug-likeness (QED) is 0.642. The van der Waals surface area contributed by atoms with Crippen LogP contribution in [0, 0.1) is 0 Å². The third-order valence-corrected chi connectivity index (χ3v) is 2.77. The number of hydrogen-bond donors (Lipinski definition) is 1. The molecule has 4 heteroatoms. The standard InChI is InChI=1S/C12H25NO3/c1-5-10(4)13(6-2)9-11(14)8-12(15)16-7-3/h10-11,14H,5-9H2,1-4H3. The molecule has 0 aromatic rings. The van der Waals surface area contributed by atoms with Crippen molar-refractivity contribution in [1.82, 2.24) is 4.90 Å². The molecule has 2 unspecified atom stereocenters. The highest BCUT2D eigenvalue weighted by Crippen LogP contribution is 2.06. The monoisotopic (exact) mass is 231 g/mol. The molecule has 0 saturated heterocycles. The van der Waals surface area contributed by atoms with Gasteiger partial charge in [-0.1, -0.05) is 13.8 Å². The molecule has 0 bridgehead atoms. The van der Waals surface area contributed by atoms with Crippen molar-refractivity contribution in [2.24, 2.45) is 0 Å². The van der Waals surface area contributed by atoms with Crippen molar-refractivity contribution < 1.29 is 14.6 Å². The van der Waals surface area contributed by atoms with Crippen molar-refractivity contribution in [2.75, 3.05) is 19.7 Å². The summed E-state index contributed by atoms with van der Waals surface area (Å²) in [6, 6.07) is 0.432. The Hall–Kier alpha value is -0.610. The summed E-state index contributed by atoms with van der Waals surface area (Å²) in [7, 11) is 0. The Labute approximate surface area is 98.6 Å². The number of carbonyl (C=O) groups excluding carboxylic acids is 1. The van der Waals surface area contributed by atoms with E-state index >= 15 is 0 Å². The van der Waals surface area contributed by atoms with Crippen molar-refractivity contribution in [3.05, 3.63) is 0 Å². The van der Waals surface area contributed by atoms with Crippen LogP contribution in [0.25, 0.3) is 0 Å².